The van der Waals surface area contributed by atoms with Crippen molar-refractivity contribution in [3.8, 4) is 17.5 Å². The molecular formula is C13H13N5O4. The van der Waals surface area contributed by atoms with Crippen molar-refractivity contribution < 1.29 is 14.1 Å². The SMILES string of the molecule is CCO/C(C)=N/c1c(C#N)c(-c2ccc([N+](=O)[O-])o2)nn1C. The summed E-state index contributed by atoms with van der Waals surface area (Å²) in [5.74, 6) is 0.399. The number of rotatable bonds is 4. The predicted octanol–water partition coefficient (Wildman–Crippen LogP) is 2.55. The lowest BCUT2D eigenvalue weighted by Crippen LogP contribution is -1.99. The molecule has 0 fully saturated rings. The van der Waals surface area contributed by atoms with Gasteiger partial charge in [-0.2, -0.15) is 15.4 Å². The van der Waals surface area contributed by atoms with Crippen molar-refractivity contribution >= 4 is 17.6 Å². The summed E-state index contributed by atoms with van der Waals surface area (Å²) in [4.78, 5) is 14.2. The van der Waals surface area contributed by atoms with E-state index in [-0.39, 0.29) is 17.0 Å². The average Bonchev–Trinajstić information content (AvgIpc) is 3.05. The van der Waals surface area contributed by atoms with E-state index < -0.39 is 10.8 Å². The second-order valence-corrected chi connectivity index (χ2v) is 4.24. The lowest BCUT2D eigenvalue weighted by atomic mass is 10.2. The highest BCUT2D eigenvalue weighted by molar-refractivity contribution is 5.79. The van der Waals surface area contributed by atoms with Crippen molar-refractivity contribution in [2.45, 2.75) is 13.8 Å². The molecule has 2 rings (SSSR count). The Labute approximate surface area is 125 Å². The number of aliphatic imine (C=N–C) groups is 1. The van der Waals surface area contributed by atoms with Gasteiger partial charge in [0, 0.05) is 14.0 Å². The van der Waals surface area contributed by atoms with Crippen molar-refractivity contribution in [2.75, 3.05) is 6.61 Å². The number of furan rings is 1. The molecule has 2 aromatic heterocycles. The minimum absolute atomic E-state index is 0.134. The van der Waals surface area contributed by atoms with Crippen molar-refractivity contribution in [3.63, 3.8) is 0 Å². The first-order chi connectivity index (χ1) is 10.5. The molecule has 2 aromatic rings. The third kappa shape index (κ3) is 2.80. The number of nitro groups is 1. The van der Waals surface area contributed by atoms with Gasteiger partial charge in [0.05, 0.1) is 12.7 Å². The maximum absolute atomic E-state index is 10.7. The Balaban J connectivity index is 2.52. The van der Waals surface area contributed by atoms with Crippen molar-refractivity contribution in [1.82, 2.24) is 9.78 Å². The van der Waals surface area contributed by atoms with E-state index in [0.29, 0.717) is 18.3 Å². The van der Waals surface area contributed by atoms with Crippen LogP contribution in [0.3, 0.4) is 0 Å². The van der Waals surface area contributed by atoms with Crippen LogP contribution in [0.4, 0.5) is 11.7 Å². The molecule has 0 spiro atoms. The van der Waals surface area contributed by atoms with Gasteiger partial charge in [0.15, 0.2) is 17.5 Å². The van der Waals surface area contributed by atoms with Crippen LogP contribution in [0.5, 0.6) is 0 Å². The van der Waals surface area contributed by atoms with Gasteiger partial charge in [-0.3, -0.25) is 10.1 Å². The highest BCUT2D eigenvalue weighted by atomic mass is 16.6. The van der Waals surface area contributed by atoms with E-state index in [2.05, 4.69) is 10.1 Å². The first-order valence-corrected chi connectivity index (χ1v) is 6.37. The maximum Gasteiger partial charge on any atom is 0.433 e. The number of ether oxygens (including phenoxy) is 1. The van der Waals surface area contributed by atoms with Crippen LogP contribution >= 0.6 is 0 Å². The summed E-state index contributed by atoms with van der Waals surface area (Å²) in [6.45, 7) is 3.93. The molecule has 0 aliphatic rings. The Morgan fingerprint density at radius 2 is 2.36 bits per heavy atom. The number of aryl methyl sites for hydroxylation is 1. The van der Waals surface area contributed by atoms with E-state index in [1.165, 1.54) is 16.8 Å². The molecule has 0 N–H and O–H groups in total. The Hall–Kier alpha value is -3.15. The number of nitrogens with zero attached hydrogens (tertiary/aromatic N) is 5. The Kier molecular flexibility index (Phi) is 4.22. The molecule has 0 unspecified atom stereocenters. The van der Waals surface area contributed by atoms with Crippen LogP contribution < -0.4 is 0 Å². The smallest absolute Gasteiger partial charge is 0.433 e. The molecular weight excluding hydrogens is 290 g/mol. The van der Waals surface area contributed by atoms with E-state index in [9.17, 15) is 15.4 Å². The molecule has 0 saturated carbocycles. The highest BCUT2D eigenvalue weighted by Gasteiger charge is 2.22. The van der Waals surface area contributed by atoms with Crippen LogP contribution in [0, 0.1) is 21.4 Å². The zero-order valence-electron chi connectivity index (χ0n) is 12.2. The normalized spacial score (nSPS) is 11.3. The number of hydrogen-bond donors (Lipinski definition) is 0. The summed E-state index contributed by atoms with van der Waals surface area (Å²) < 4.78 is 11.7. The molecule has 0 atom stereocenters. The topological polar surface area (TPSA) is 119 Å². The standard InChI is InChI=1S/C13H13N5O4/c1-4-21-8(2)15-13-9(7-14)12(16-17(13)3)10-5-6-11(22-10)18(19)20/h5-6H,4H2,1-3H3/b15-8+. The Morgan fingerprint density at radius 1 is 1.64 bits per heavy atom. The highest BCUT2D eigenvalue weighted by Crippen LogP contribution is 2.32. The fraction of sp³-hybridized carbons (Fsp3) is 0.308. The van der Waals surface area contributed by atoms with Crippen LogP contribution in [-0.2, 0) is 11.8 Å². The summed E-state index contributed by atoms with van der Waals surface area (Å²) >= 11 is 0. The van der Waals surface area contributed by atoms with Gasteiger partial charge < -0.3 is 9.15 Å². The zero-order valence-corrected chi connectivity index (χ0v) is 12.2. The quantitative estimate of drug-likeness (QED) is 0.370. The molecule has 2 heterocycles. The van der Waals surface area contributed by atoms with Crippen LogP contribution in [0.2, 0.25) is 0 Å². The molecule has 0 saturated heterocycles. The van der Waals surface area contributed by atoms with E-state index in [4.69, 9.17) is 9.15 Å². The monoisotopic (exact) mass is 303 g/mol. The summed E-state index contributed by atoms with van der Waals surface area (Å²) in [6, 6.07) is 4.59. The number of aromatic nitrogens is 2. The van der Waals surface area contributed by atoms with Crippen LogP contribution in [0.25, 0.3) is 11.5 Å². The second-order valence-electron chi connectivity index (χ2n) is 4.24. The largest absolute Gasteiger partial charge is 0.481 e. The second kappa shape index (κ2) is 6.09. The van der Waals surface area contributed by atoms with E-state index in [1.54, 1.807) is 14.0 Å². The van der Waals surface area contributed by atoms with Gasteiger partial charge in [0.25, 0.3) is 0 Å². The fourth-order valence-corrected chi connectivity index (χ4v) is 1.86. The molecule has 9 heteroatoms. The number of hydrogen-bond acceptors (Lipinski definition) is 7. The van der Waals surface area contributed by atoms with E-state index in [0.717, 1.165) is 0 Å². The van der Waals surface area contributed by atoms with E-state index >= 15 is 0 Å². The van der Waals surface area contributed by atoms with E-state index in [1.807, 2.05) is 13.0 Å². The Morgan fingerprint density at radius 3 is 2.91 bits per heavy atom. The molecule has 0 aliphatic heterocycles. The summed E-state index contributed by atoms with van der Waals surface area (Å²) in [6.07, 6.45) is 0. The van der Waals surface area contributed by atoms with Crippen molar-refractivity contribution in [1.29, 1.82) is 5.26 Å². The van der Waals surface area contributed by atoms with Crippen LogP contribution in [0.1, 0.15) is 19.4 Å². The van der Waals surface area contributed by atoms with Gasteiger partial charge in [-0.15, -0.1) is 0 Å². The van der Waals surface area contributed by atoms with Crippen LogP contribution in [-0.4, -0.2) is 27.2 Å². The molecule has 0 bridgehead atoms. The maximum atomic E-state index is 10.7. The molecule has 0 radical (unpaired) electrons. The molecule has 9 nitrogen and oxygen atoms in total. The lowest BCUT2D eigenvalue weighted by molar-refractivity contribution is -0.401. The first kappa shape index (κ1) is 15.2. The van der Waals surface area contributed by atoms with Gasteiger partial charge in [0.1, 0.15) is 22.2 Å². The van der Waals surface area contributed by atoms with Gasteiger partial charge in [-0.05, 0) is 13.0 Å². The predicted molar refractivity (Wildman–Crippen MR) is 76.7 cm³/mol. The minimum Gasteiger partial charge on any atom is -0.481 e. The molecule has 114 valence electrons. The molecule has 0 aliphatic carbocycles. The molecule has 0 amide bonds. The van der Waals surface area contributed by atoms with Crippen molar-refractivity contribution in [3.05, 3.63) is 27.8 Å². The minimum atomic E-state index is -0.656. The fourth-order valence-electron chi connectivity index (χ4n) is 1.86. The third-order valence-corrected chi connectivity index (χ3v) is 2.75. The third-order valence-electron chi connectivity index (χ3n) is 2.75. The van der Waals surface area contributed by atoms with Crippen molar-refractivity contribution in [2.24, 2.45) is 12.0 Å². The summed E-state index contributed by atoms with van der Waals surface area (Å²) in [7, 11) is 1.61. The summed E-state index contributed by atoms with van der Waals surface area (Å²) in [5.41, 5.74) is 0.354. The van der Waals surface area contributed by atoms with Gasteiger partial charge >= 0.3 is 5.88 Å². The number of nitriles is 1. The molecule has 22 heavy (non-hydrogen) atoms. The zero-order chi connectivity index (χ0) is 16.3. The lowest BCUT2D eigenvalue weighted by Gasteiger charge is -2.01. The van der Waals surface area contributed by atoms with Gasteiger partial charge in [0.2, 0.25) is 0 Å². The van der Waals surface area contributed by atoms with Gasteiger partial charge in [-0.25, -0.2) is 4.68 Å². The van der Waals surface area contributed by atoms with Crippen LogP contribution in [0.15, 0.2) is 21.5 Å². The molecule has 0 aromatic carbocycles. The average molecular weight is 303 g/mol. The first-order valence-electron chi connectivity index (χ1n) is 6.37. The van der Waals surface area contributed by atoms with Gasteiger partial charge in [-0.1, -0.05) is 0 Å². The Bertz CT molecular complexity index is 781. The summed E-state index contributed by atoms with van der Waals surface area (Å²) in [5, 5.41) is 24.2.